The van der Waals surface area contributed by atoms with Crippen LogP contribution in [0.1, 0.15) is 18.1 Å². The van der Waals surface area contributed by atoms with E-state index >= 15 is 0 Å². The largest absolute Gasteiger partial charge is 0.396 e. The number of rotatable bonds is 4. The molecule has 0 saturated heterocycles. The van der Waals surface area contributed by atoms with Crippen molar-refractivity contribution in [3.8, 4) is 0 Å². The van der Waals surface area contributed by atoms with Crippen LogP contribution in [0.15, 0.2) is 16.7 Å². The van der Waals surface area contributed by atoms with E-state index in [1.54, 1.807) is 6.07 Å². The van der Waals surface area contributed by atoms with E-state index in [0.29, 0.717) is 10.0 Å². The fourth-order valence-corrected chi connectivity index (χ4v) is 1.71. The zero-order valence-corrected chi connectivity index (χ0v) is 10.1. The van der Waals surface area contributed by atoms with Crippen molar-refractivity contribution >= 4 is 27.5 Å². The van der Waals surface area contributed by atoms with Gasteiger partial charge in [0, 0.05) is 22.8 Å². The van der Waals surface area contributed by atoms with E-state index in [1.165, 1.54) is 6.20 Å². The highest BCUT2D eigenvalue weighted by atomic mass is 79.9. The smallest absolute Gasteiger partial charge is 0.134 e. The van der Waals surface area contributed by atoms with Crippen LogP contribution in [0.3, 0.4) is 0 Å². The van der Waals surface area contributed by atoms with Crippen LogP contribution in [0.25, 0.3) is 0 Å². The number of hydrogen-bond donors (Lipinski definition) is 3. The van der Waals surface area contributed by atoms with Gasteiger partial charge in [0.15, 0.2) is 0 Å². The minimum Gasteiger partial charge on any atom is -0.396 e. The van der Waals surface area contributed by atoms with Gasteiger partial charge in [0.05, 0.1) is 6.10 Å². The number of aromatic nitrogens is 1. The van der Waals surface area contributed by atoms with Gasteiger partial charge in [-0.25, -0.2) is 4.98 Å². The van der Waals surface area contributed by atoms with Crippen LogP contribution in [0, 0.1) is 0 Å². The Hall–Kier alpha value is -0.200. The molecule has 0 fully saturated rings. The van der Waals surface area contributed by atoms with Gasteiger partial charge < -0.3 is 15.3 Å². The molecule has 1 heterocycles. The first-order valence-corrected chi connectivity index (χ1v) is 5.51. The normalized spacial score (nSPS) is 15.0. The van der Waals surface area contributed by atoms with Gasteiger partial charge in [0.25, 0.3) is 0 Å². The number of pyridine rings is 1. The van der Waals surface area contributed by atoms with Gasteiger partial charge in [0.1, 0.15) is 11.3 Å². The Bertz CT molecular complexity index is 337. The first-order valence-electron chi connectivity index (χ1n) is 4.34. The zero-order valence-electron chi connectivity index (χ0n) is 7.77. The summed E-state index contributed by atoms with van der Waals surface area (Å²) in [7, 11) is 0. The highest BCUT2D eigenvalue weighted by molar-refractivity contribution is 9.10. The summed E-state index contributed by atoms with van der Waals surface area (Å²) in [4.78, 5) is 3.83. The molecule has 3 N–H and O–H groups in total. The Balaban J connectivity index is 2.89. The number of halogens is 2. The molecule has 1 rings (SSSR count). The number of aliphatic hydroxyl groups is 3. The average molecular weight is 297 g/mol. The van der Waals surface area contributed by atoms with Gasteiger partial charge in [-0.2, -0.15) is 0 Å². The second-order valence-electron chi connectivity index (χ2n) is 3.06. The van der Waals surface area contributed by atoms with E-state index in [1.807, 2.05) is 0 Å². The average Bonchev–Trinajstić information content (AvgIpc) is 2.21. The molecule has 1 aromatic rings. The Kier molecular flexibility index (Phi) is 4.95. The molecule has 0 amide bonds. The van der Waals surface area contributed by atoms with Crippen molar-refractivity contribution in [1.29, 1.82) is 0 Å². The van der Waals surface area contributed by atoms with E-state index in [4.69, 9.17) is 16.7 Å². The molecule has 2 unspecified atom stereocenters. The maximum atomic E-state index is 9.72. The summed E-state index contributed by atoms with van der Waals surface area (Å²) in [6.07, 6.45) is -0.612. The van der Waals surface area contributed by atoms with E-state index in [-0.39, 0.29) is 18.2 Å². The predicted molar refractivity (Wildman–Crippen MR) is 59.6 cm³/mol. The third kappa shape index (κ3) is 3.39. The highest BCUT2D eigenvalue weighted by Crippen LogP contribution is 2.27. The lowest BCUT2D eigenvalue weighted by Crippen LogP contribution is -2.20. The van der Waals surface area contributed by atoms with Crippen molar-refractivity contribution in [2.75, 3.05) is 6.61 Å². The van der Waals surface area contributed by atoms with Gasteiger partial charge in [-0.05, 0) is 28.4 Å². The molecular formula is C9H11BrClNO3. The molecule has 6 heteroatoms. The number of hydrogen-bond acceptors (Lipinski definition) is 4. The monoisotopic (exact) mass is 295 g/mol. The molecule has 4 nitrogen and oxygen atoms in total. The Labute approximate surface area is 101 Å². The summed E-state index contributed by atoms with van der Waals surface area (Å²) in [5.74, 6) is 0. The highest BCUT2D eigenvalue weighted by Gasteiger charge is 2.21. The first kappa shape index (κ1) is 12.9. The third-order valence-corrected chi connectivity index (χ3v) is 2.69. The molecule has 0 saturated carbocycles. The van der Waals surface area contributed by atoms with Crippen molar-refractivity contribution in [2.24, 2.45) is 0 Å². The maximum absolute atomic E-state index is 9.72. The standard InChI is InChI=1S/C9H11BrClNO3/c10-5-3-6(9(11)12-4-5)8(15)7(14)1-2-13/h3-4,7-8,13-15H,1-2H2. The minimum atomic E-state index is -1.14. The lowest BCUT2D eigenvalue weighted by Gasteiger charge is -2.17. The van der Waals surface area contributed by atoms with Crippen LogP contribution in [0.2, 0.25) is 5.15 Å². The predicted octanol–water partition coefficient (Wildman–Crippen LogP) is 1.27. The molecule has 84 valence electrons. The molecule has 0 aliphatic carbocycles. The van der Waals surface area contributed by atoms with Crippen molar-refractivity contribution in [2.45, 2.75) is 18.6 Å². The van der Waals surface area contributed by atoms with E-state index in [9.17, 15) is 10.2 Å². The maximum Gasteiger partial charge on any atom is 0.134 e. The van der Waals surface area contributed by atoms with Crippen molar-refractivity contribution in [3.63, 3.8) is 0 Å². The van der Waals surface area contributed by atoms with E-state index in [0.717, 1.165) is 0 Å². The molecule has 1 aromatic heterocycles. The van der Waals surface area contributed by atoms with Crippen LogP contribution in [-0.2, 0) is 0 Å². The quantitative estimate of drug-likeness (QED) is 0.732. The molecule has 0 spiro atoms. The summed E-state index contributed by atoms with van der Waals surface area (Å²) in [5.41, 5.74) is 0.340. The molecule has 0 aromatic carbocycles. The second kappa shape index (κ2) is 5.77. The summed E-state index contributed by atoms with van der Waals surface area (Å²) in [5, 5.41) is 28.0. The Morgan fingerprint density at radius 2 is 2.13 bits per heavy atom. The summed E-state index contributed by atoms with van der Waals surface area (Å²) in [6, 6.07) is 1.58. The molecule has 0 radical (unpaired) electrons. The molecule has 0 aliphatic heterocycles. The summed E-state index contributed by atoms with van der Waals surface area (Å²) in [6.45, 7) is -0.197. The Morgan fingerprint density at radius 1 is 1.47 bits per heavy atom. The molecule has 0 aliphatic rings. The molecule has 15 heavy (non-hydrogen) atoms. The third-order valence-electron chi connectivity index (χ3n) is 1.94. The lowest BCUT2D eigenvalue weighted by molar-refractivity contribution is 0.00406. The fourth-order valence-electron chi connectivity index (χ4n) is 1.14. The topological polar surface area (TPSA) is 73.6 Å². The van der Waals surface area contributed by atoms with Crippen molar-refractivity contribution in [3.05, 3.63) is 27.5 Å². The second-order valence-corrected chi connectivity index (χ2v) is 4.33. The molecule has 2 atom stereocenters. The lowest BCUT2D eigenvalue weighted by atomic mass is 10.0. The SMILES string of the molecule is OCCC(O)C(O)c1cc(Br)cnc1Cl. The van der Waals surface area contributed by atoms with Gasteiger partial charge >= 0.3 is 0 Å². The zero-order chi connectivity index (χ0) is 11.4. The fraction of sp³-hybridized carbons (Fsp3) is 0.444. The first-order chi connectivity index (χ1) is 7.06. The van der Waals surface area contributed by atoms with E-state index in [2.05, 4.69) is 20.9 Å². The van der Waals surface area contributed by atoms with Crippen LogP contribution < -0.4 is 0 Å². The van der Waals surface area contributed by atoms with Crippen molar-refractivity contribution < 1.29 is 15.3 Å². The van der Waals surface area contributed by atoms with Crippen LogP contribution in [0.4, 0.5) is 0 Å². The molecule has 0 bridgehead atoms. The van der Waals surface area contributed by atoms with Gasteiger partial charge in [-0.15, -0.1) is 0 Å². The van der Waals surface area contributed by atoms with Crippen LogP contribution >= 0.6 is 27.5 Å². The molecular weight excluding hydrogens is 285 g/mol. The summed E-state index contributed by atoms with van der Waals surface area (Å²) >= 11 is 8.96. The van der Waals surface area contributed by atoms with E-state index < -0.39 is 12.2 Å². The summed E-state index contributed by atoms with van der Waals surface area (Å²) < 4.78 is 0.664. The van der Waals surface area contributed by atoms with Gasteiger partial charge in [-0.3, -0.25) is 0 Å². The number of nitrogens with zero attached hydrogens (tertiary/aromatic N) is 1. The number of aliphatic hydroxyl groups excluding tert-OH is 3. The van der Waals surface area contributed by atoms with Gasteiger partial charge in [0.2, 0.25) is 0 Å². The minimum absolute atomic E-state index is 0.0873. The Morgan fingerprint density at radius 3 is 2.73 bits per heavy atom. The van der Waals surface area contributed by atoms with Crippen LogP contribution in [0.5, 0.6) is 0 Å². The van der Waals surface area contributed by atoms with Crippen LogP contribution in [-0.4, -0.2) is 33.0 Å². The van der Waals surface area contributed by atoms with Gasteiger partial charge in [-0.1, -0.05) is 11.6 Å². The van der Waals surface area contributed by atoms with Crippen molar-refractivity contribution in [1.82, 2.24) is 4.98 Å².